The average Bonchev–Trinajstić information content (AvgIpc) is 2.47. The molecular formula is C8H5NO2S. The Labute approximate surface area is 71.5 Å². The van der Waals surface area contributed by atoms with Crippen molar-refractivity contribution in [2.45, 2.75) is 0 Å². The molecule has 2 heterocycles. The highest BCUT2D eigenvalue weighted by molar-refractivity contribution is 7.07. The van der Waals surface area contributed by atoms with Crippen molar-refractivity contribution in [3.8, 4) is 0 Å². The summed E-state index contributed by atoms with van der Waals surface area (Å²) in [6.07, 6.45) is 1.59. The molecule has 2 aromatic heterocycles. The van der Waals surface area contributed by atoms with Crippen molar-refractivity contribution in [1.29, 1.82) is 0 Å². The molecule has 2 aromatic rings. The SMILES string of the molecule is O=c1sccc(=O)n2cccc12. The summed E-state index contributed by atoms with van der Waals surface area (Å²) in [5.74, 6) is 0. The van der Waals surface area contributed by atoms with E-state index in [-0.39, 0.29) is 10.3 Å². The largest absolute Gasteiger partial charge is 0.279 e. The Morgan fingerprint density at radius 3 is 2.92 bits per heavy atom. The fourth-order valence-electron chi connectivity index (χ4n) is 1.03. The van der Waals surface area contributed by atoms with E-state index in [1.54, 1.807) is 18.3 Å². The predicted molar refractivity (Wildman–Crippen MR) is 47.8 cm³/mol. The Balaban J connectivity index is 3.22. The molecule has 4 heteroatoms. The van der Waals surface area contributed by atoms with Crippen LogP contribution in [0.2, 0.25) is 0 Å². The number of nitrogens with zero attached hydrogens (tertiary/aromatic N) is 1. The molecule has 0 saturated heterocycles. The van der Waals surface area contributed by atoms with Gasteiger partial charge in [0.05, 0.1) is 0 Å². The fraction of sp³-hybridized carbons (Fsp3) is 0. The van der Waals surface area contributed by atoms with Gasteiger partial charge in [-0.15, -0.1) is 11.3 Å². The molecule has 0 fully saturated rings. The van der Waals surface area contributed by atoms with Crippen LogP contribution >= 0.6 is 11.3 Å². The molecule has 2 rings (SSSR count). The Bertz CT molecular complexity index is 481. The molecule has 0 N–H and O–H groups in total. The van der Waals surface area contributed by atoms with E-state index in [4.69, 9.17) is 0 Å². The van der Waals surface area contributed by atoms with Gasteiger partial charge in [0.2, 0.25) is 0 Å². The third-order valence-corrected chi connectivity index (χ3v) is 2.28. The zero-order chi connectivity index (χ0) is 8.55. The van der Waals surface area contributed by atoms with Crippen LogP contribution in [0.5, 0.6) is 0 Å². The Hall–Kier alpha value is -1.42. The first kappa shape index (κ1) is 7.24. The molecule has 12 heavy (non-hydrogen) atoms. The predicted octanol–water partition coefficient (Wildman–Crippen LogP) is 0.721. The van der Waals surface area contributed by atoms with Crippen LogP contribution in [0, 0.1) is 0 Å². The number of hydrogen-bond acceptors (Lipinski definition) is 3. The van der Waals surface area contributed by atoms with E-state index in [1.807, 2.05) is 0 Å². The number of rotatable bonds is 0. The third kappa shape index (κ3) is 0.967. The van der Waals surface area contributed by atoms with Crippen LogP contribution in [0.4, 0.5) is 0 Å². The summed E-state index contributed by atoms with van der Waals surface area (Å²) in [7, 11) is 0. The molecule has 0 unspecified atom stereocenters. The van der Waals surface area contributed by atoms with Crippen LogP contribution in [-0.4, -0.2) is 4.40 Å². The molecule has 0 amide bonds. The molecule has 0 aliphatic rings. The summed E-state index contributed by atoms with van der Waals surface area (Å²) in [6.45, 7) is 0. The molecule has 0 atom stereocenters. The molecule has 0 aliphatic heterocycles. The maximum absolute atomic E-state index is 11.3. The minimum absolute atomic E-state index is 0.0953. The number of hydrogen-bond donors (Lipinski definition) is 0. The van der Waals surface area contributed by atoms with Crippen LogP contribution in [0.3, 0.4) is 0 Å². The van der Waals surface area contributed by atoms with Gasteiger partial charge in [-0.2, -0.15) is 0 Å². The van der Waals surface area contributed by atoms with Gasteiger partial charge in [0.1, 0.15) is 5.52 Å². The van der Waals surface area contributed by atoms with Gasteiger partial charge in [0.15, 0.2) is 0 Å². The normalized spacial score (nSPS) is 10.3. The van der Waals surface area contributed by atoms with Crippen LogP contribution in [0.15, 0.2) is 39.4 Å². The van der Waals surface area contributed by atoms with Gasteiger partial charge < -0.3 is 0 Å². The van der Waals surface area contributed by atoms with E-state index in [0.717, 1.165) is 11.3 Å². The van der Waals surface area contributed by atoms with E-state index >= 15 is 0 Å². The van der Waals surface area contributed by atoms with Crippen LogP contribution in [-0.2, 0) is 0 Å². The molecule has 0 bridgehead atoms. The van der Waals surface area contributed by atoms with Gasteiger partial charge in [-0.05, 0) is 12.1 Å². The molecule has 0 spiro atoms. The van der Waals surface area contributed by atoms with Crippen molar-refractivity contribution in [2.75, 3.05) is 0 Å². The maximum atomic E-state index is 11.3. The molecule has 0 radical (unpaired) electrons. The summed E-state index contributed by atoms with van der Waals surface area (Å²) >= 11 is 1.03. The lowest BCUT2D eigenvalue weighted by Gasteiger charge is -1.80. The summed E-state index contributed by atoms with van der Waals surface area (Å²) in [4.78, 5) is 22.5. The first-order valence-corrected chi connectivity index (χ1v) is 4.26. The minimum Gasteiger partial charge on any atom is -0.279 e. The summed E-state index contributed by atoms with van der Waals surface area (Å²) in [5.41, 5.74) is 0.267. The first-order chi connectivity index (χ1) is 5.79. The second kappa shape index (κ2) is 2.57. The van der Waals surface area contributed by atoms with Gasteiger partial charge in [-0.25, -0.2) is 0 Å². The molecular weight excluding hydrogens is 174 g/mol. The van der Waals surface area contributed by atoms with Gasteiger partial charge in [-0.3, -0.25) is 14.0 Å². The maximum Gasteiger partial charge on any atom is 0.256 e. The third-order valence-electron chi connectivity index (χ3n) is 1.58. The number of fused-ring (bicyclic) bond motifs is 1. The van der Waals surface area contributed by atoms with Crippen molar-refractivity contribution in [3.05, 3.63) is 49.7 Å². The molecule has 0 aromatic carbocycles. The van der Waals surface area contributed by atoms with Gasteiger partial charge in [-0.1, -0.05) is 0 Å². The van der Waals surface area contributed by atoms with E-state index in [9.17, 15) is 9.59 Å². The topological polar surface area (TPSA) is 38.5 Å². The monoisotopic (exact) mass is 179 g/mol. The Morgan fingerprint density at radius 2 is 2.08 bits per heavy atom. The Morgan fingerprint density at radius 1 is 1.25 bits per heavy atom. The number of aromatic nitrogens is 1. The summed E-state index contributed by atoms with van der Waals surface area (Å²) in [5, 5.41) is 1.51. The minimum atomic E-state index is -0.173. The second-order valence-corrected chi connectivity index (χ2v) is 3.19. The van der Waals surface area contributed by atoms with Crippen molar-refractivity contribution in [3.63, 3.8) is 0 Å². The van der Waals surface area contributed by atoms with Crippen LogP contribution in [0.1, 0.15) is 0 Å². The highest BCUT2D eigenvalue weighted by atomic mass is 32.1. The van der Waals surface area contributed by atoms with E-state index < -0.39 is 0 Å². The lowest BCUT2D eigenvalue weighted by Crippen LogP contribution is -2.08. The fourth-order valence-corrected chi connectivity index (χ4v) is 1.63. The van der Waals surface area contributed by atoms with Crippen molar-refractivity contribution in [1.82, 2.24) is 4.40 Å². The van der Waals surface area contributed by atoms with E-state index in [1.165, 1.54) is 15.8 Å². The molecule has 3 nitrogen and oxygen atoms in total. The lowest BCUT2D eigenvalue weighted by molar-refractivity contribution is 1.14. The van der Waals surface area contributed by atoms with E-state index in [2.05, 4.69) is 0 Å². The molecule has 0 aliphatic carbocycles. The molecule has 0 saturated carbocycles. The van der Waals surface area contributed by atoms with Gasteiger partial charge in [0.25, 0.3) is 10.3 Å². The van der Waals surface area contributed by atoms with Crippen LogP contribution < -0.4 is 10.3 Å². The summed E-state index contributed by atoms with van der Waals surface area (Å²) < 4.78 is 1.25. The van der Waals surface area contributed by atoms with Crippen molar-refractivity contribution in [2.24, 2.45) is 0 Å². The highest BCUT2D eigenvalue weighted by Crippen LogP contribution is 1.94. The smallest absolute Gasteiger partial charge is 0.256 e. The van der Waals surface area contributed by atoms with Gasteiger partial charge in [0, 0.05) is 17.6 Å². The van der Waals surface area contributed by atoms with E-state index in [0.29, 0.717) is 5.52 Å². The molecule has 60 valence electrons. The lowest BCUT2D eigenvalue weighted by atomic mass is 10.6. The standard InChI is InChI=1S/C8H5NO2S/c10-7-3-5-12-8(11)6-2-1-4-9(6)7/h1-5H. The summed E-state index contributed by atoms with van der Waals surface area (Å²) in [6, 6.07) is 4.71. The zero-order valence-corrected chi connectivity index (χ0v) is 6.88. The zero-order valence-electron chi connectivity index (χ0n) is 6.06. The van der Waals surface area contributed by atoms with Crippen LogP contribution in [0.25, 0.3) is 5.52 Å². The van der Waals surface area contributed by atoms with Gasteiger partial charge >= 0.3 is 0 Å². The van der Waals surface area contributed by atoms with Crippen molar-refractivity contribution >= 4 is 16.9 Å². The second-order valence-electron chi connectivity index (χ2n) is 2.31. The van der Waals surface area contributed by atoms with Crippen molar-refractivity contribution < 1.29 is 0 Å². The average molecular weight is 179 g/mol. The highest BCUT2D eigenvalue weighted by Gasteiger charge is 1.96. The Kier molecular flexibility index (Phi) is 1.55. The first-order valence-electron chi connectivity index (χ1n) is 3.38. The quantitative estimate of drug-likeness (QED) is 0.597.